The molecule has 2 aromatic rings. The zero-order chi connectivity index (χ0) is 17.2. The van der Waals surface area contributed by atoms with Gasteiger partial charge in [-0.15, -0.1) is 0 Å². The third-order valence-electron chi connectivity index (χ3n) is 4.06. The van der Waals surface area contributed by atoms with Gasteiger partial charge in [0.05, 0.1) is 10.9 Å². The van der Waals surface area contributed by atoms with E-state index in [0.717, 1.165) is 0 Å². The van der Waals surface area contributed by atoms with Gasteiger partial charge in [0, 0.05) is 25.6 Å². The third-order valence-corrected chi connectivity index (χ3v) is 6.31. The Morgan fingerprint density at radius 1 is 1.38 bits per heavy atom. The molecule has 1 aliphatic rings. The molecule has 1 amide bonds. The van der Waals surface area contributed by atoms with Crippen molar-refractivity contribution in [3.63, 3.8) is 0 Å². The van der Waals surface area contributed by atoms with Crippen molar-refractivity contribution in [1.82, 2.24) is 10.5 Å². The van der Waals surface area contributed by atoms with Gasteiger partial charge < -0.3 is 9.84 Å². The summed E-state index contributed by atoms with van der Waals surface area (Å²) in [5.74, 6) is 0.190. The molecule has 0 aliphatic carbocycles. The Labute approximate surface area is 140 Å². The van der Waals surface area contributed by atoms with Gasteiger partial charge in [0.1, 0.15) is 5.76 Å². The van der Waals surface area contributed by atoms with Crippen LogP contribution in [0.1, 0.15) is 29.6 Å². The van der Waals surface area contributed by atoms with Crippen LogP contribution in [-0.4, -0.2) is 37.8 Å². The second kappa shape index (κ2) is 6.64. The van der Waals surface area contributed by atoms with Crippen LogP contribution in [0.2, 0.25) is 0 Å². The smallest absolute Gasteiger partial charge is 0.273 e. The predicted octanol–water partition coefficient (Wildman–Crippen LogP) is 1.58. The molecule has 24 heavy (non-hydrogen) atoms. The van der Waals surface area contributed by atoms with Crippen molar-refractivity contribution in [2.45, 2.75) is 25.0 Å². The predicted molar refractivity (Wildman–Crippen MR) is 89.3 cm³/mol. The zero-order valence-electron chi connectivity index (χ0n) is 13.3. The van der Waals surface area contributed by atoms with Crippen LogP contribution in [0.4, 0.5) is 5.69 Å². The van der Waals surface area contributed by atoms with Crippen LogP contribution in [0.15, 0.2) is 40.9 Å². The Kier molecular flexibility index (Phi) is 4.57. The summed E-state index contributed by atoms with van der Waals surface area (Å²) in [4.78, 5) is 12.1. The minimum absolute atomic E-state index is 0.0544. The van der Waals surface area contributed by atoms with Gasteiger partial charge in [0.15, 0.2) is 5.69 Å². The van der Waals surface area contributed by atoms with Gasteiger partial charge >= 0.3 is 0 Å². The summed E-state index contributed by atoms with van der Waals surface area (Å²) in [7, 11) is -3.48. The summed E-state index contributed by atoms with van der Waals surface area (Å²) in [6.45, 7) is 2.36. The van der Waals surface area contributed by atoms with Crippen molar-refractivity contribution >= 4 is 21.6 Å². The first-order valence-corrected chi connectivity index (χ1v) is 9.33. The van der Waals surface area contributed by atoms with Crippen molar-refractivity contribution in [3.05, 3.63) is 47.9 Å². The van der Waals surface area contributed by atoms with E-state index in [1.807, 2.05) is 13.0 Å². The molecule has 1 aliphatic heterocycles. The lowest BCUT2D eigenvalue weighted by molar-refractivity contribution is 0.0944. The number of hydrogen-bond acceptors (Lipinski definition) is 5. The summed E-state index contributed by atoms with van der Waals surface area (Å²) in [6, 6.07) is 10.5. The minimum atomic E-state index is -3.48. The van der Waals surface area contributed by atoms with Crippen molar-refractivity contribution in [2.75, 3.05) is 17.4 Å². The number of nitrogens with one attached hydrogen (secondary N) is 1. The molecule has 2 heterocycles. The Balaban J connectivity index is 1.65. The van der Waals surface area contributed by atoms with Gasteiger partial charge in [0.2, 0.25) is 10.0 Å². The largest absolute Gasteiger partial charge is 0.361 e. The number of benzene rings is 1. The number of sulfonamides is 1. The number of carbonyl (C=O) groups is 1. The molecule has 0 bridgehead atoms. The summed E-state index contributed by atoms with van der Waals surface area (Å²) in [5, 5.41) is 5.68. The number of anilines is 1. The SMILES string of the molecule is CCc1cc(C(=O)NCC2CCN(c3ccccc3)S2(=O)=O)no1. The highest BCUT2D eigenvalue weighted by molar-refractivity contribution is 7.93. The first-order valence-electron chi connectivity index (χ1n) is 7.82. The first kappa shape index (κ1) is 16.5. The van der Waals surface area contributed by atoms with E-state index in [-0.39, 0.29) is 12.2 Å². The molecule has 8 heteroatoms. The van der Waals surface area contributed by atoms with Crippen LogP contribution < -0.4 is 9.62 Å². The van der Waals surface area contributed by atoms with Crippen molar-refractivity contribution < 1.29 is 17.7 Å². The molecule has 128 valence electrons. The summed E-state index contributed by atoms with van der Waals surface area (Å²) < 4.78 is 31.7. The summed E-state index contributed by atoms with van der Waals surface area (Å²) >= 11 is 0. The number of hydrogen-bond donors (Lipinski definition) is 1. The number of para-hydroxylation sites is 1. The fourth-order valence-corrected chi connectivity index (χ4v) is 4.51. The number of rotatable bonds is 5. The van der Waals surface area contributed by atoms with Crippen LogP contribution in [0.25, 0.3) is 0 Å². The van der Waals surface area contributed by atoms with E-state index >= 15 is 0 Å². The fourth-order valence-electron chi connectivity index (χ4n) is 2.68. The van der Waals surface area contributed by atoms with Gasteiger partial charge in [-0.2, -0.15) is 0 Å². The highest BCUT2D eigenvalue weighted by Crippen LogP contribution is 2.28. The Hall–Kier alpha value is -2.35. The molecule has 3 rings (SSSR count). The van der Waals surface area contributed by atoms with E-state index in [4.69, 9.17) is 4.52 Å². The maximum atomic E-state index is 12.6. The standard InChI is InChI=1S/C16H19N3O4S/c1-2-13-10-15(18-23-13)16(20)17-11-14-8-9-19(24(14,21)22)12-6-4-3-5-7-12/h3-7,10,14H,2,8-9,11H2,1H3,(H,17,20). The Bertz CT molecular complexity index is 817. The molecule has 0 spiro atoms. The van der Waals surface area contributed by atoms with Gasteiger partial charge in [-0.3, -0.25) is 9.10 Å². The highest BCUT2D eigenvalue weighted by Gasteiger charge is 2.39. The van der Waals surface area contributed by atoms with E-state index in [2.05, 4.69) is 10.5 Å². The lowest BCUT2D eigenvalue weighted by atomic mass is 10.2. The van der Waals surface area contributed by atoms with Gasteiger partial charge in [-0.25, -0.2) is 8.42 Å². The molecule has 1 N–H and O–H groups in total. The summed E-state index contributed by atoms with van der Waals surface area (Å²) in [5.41, 5.74) is 0.817. The van der Waals surface area contributed by atoms with Gasteiger partial charge in [-0.1, -0.05) is 30.3 Å². The van der Waals surface area contributed by atoms with E-state index in [0.29, 0.717) is 30.8 Å². The number of carbonyl (C=O) groups excluding carboxylic acids is 1. The fraction of sp³-hybridized carbons (Fsp3) is 0.375. The number of aromatic nitrogens is 1. The monoisotopic (exact) mass is 349 g/mol. The third kappa shape index (κ3) is 3.14. The van der Waals surface area contributed by atoms with Crippen LogP contribution >= 0.6 is 0 Å². The number of amides is 1. The van der Waals surface area contributed by atoms with E-state index in [1.54, 1.807) is 30.3 Å². The van der Waals surface area contributed by atoms with E-state index in [1.165, 1.54) is 4.31 Å². The van der Waals surface area contributed by atoms with E-state index in [9.17, 15) is 13.2 Å². The van der Waals surface area contributed by atoms with Crippen LogP contribution in [0, 0.1) is 0 Å². The average molecular weight is 349 g/mol. The molecule has 1 aromatic carbocycles. The molecule has 1 atom stereocenters. The number of aryl methyl sites for hydroxylation is 1. The molecule has 1 aromatic heterocycles. The summed E-state index contributed by atoms with van der Waals surface area (Å²) in [6.07, 6.45) is 1.11. The van der Waals surface area contributed by atoms with Gasteiger partial charge in [0.25, 0.3) is 5.91 Å². The second-order valence-corrected chi connectivity index (χ2v) is 7.74. The Morgan fingerprint density at radius 3 is 2.79 bits per heavy atom. The quantitative estimate of drug-likeness (QED) is 0.885. The molecule has 0 saturated carbocycles. The topological polar surface area (TPSA) is 92.5 Å². The molecular weight excluding hydrogens is 330 g/mol. The first-order chi connectivity index (χ1) is 11.5. The van der Waals surface area contributed by atoms with E-state index < -0.39 is 21.2 Å². The Morgan fingerprint density at radius 2 is 2.12 bits per heavy atom. The molecule has 7 nitrogen and oxygen atoms in total. The maximum Gasteiger partial charge on any atom is 0.273 e. The lowest BCUT2D eigenvalue weighted by Gasteiger charge is -2.19. The molecule has 1 unspecified atom stereocenters. The van der Waals surface area contributed by atoms with Crippen LogP contribution in [0.5, 0.6) is 0 Å². The highest BCUT2D eigenvalue weighted by atomic mass is 32.2. The molecule has 1 saturated heterocycles. The molecule has 0 radical (unpaired) electrons. The average Bonchev–Trinajstić information content (AvgIpc) is 3.17. The van der Waals surface area contributed by atoms with Gasteiger partial charge in [-0.05, 0) is 18.6 Å². The second-order valence-electron chi connectivity index (χ2n) is 5.61. The van der Waals surface area contributed by atoms with Crippen LogP contribution in [0.3, 0.4) is 0 Å². The van der Waals surface area contributed by atoms with Crippen LogP contribution in [-0.2, 0) is 16.4 Å². The lowest BCUT2D eigenvalue weighted by Crippen LogP contribution is -2.37. The molecule has 1 fully saturated rings. The van der Waals surface area contributed by atoms with Crippen molar-refractivity contribution in [2.24, 2.45) is 0 Å². The maximum absolute atomic E-state index is 12.6. The minimum Gasteiger partial charge on any atom is -0.361 e. The normalized spacial score (nSPS) is 19.4. The number of nitrogens with zero attached hydrogens (tertiary/aromatic N) is 2. The zero-order valence-corrected chi connectivity index (χ0v) is 14.1. The van der Waals surface area contributed by atoms with Crippen molar-refractivity contribution in [3.8, 4) is 0 Å². The molecular formula is C16H19N3O4S. The van der Waals surface area contributed by atoms with Crippen molar-refractivity contribution in [1.29, 1.82) is 0 Å².